The summed E-state index contributed by atoms with van der Waals surface area (Å²) in [5.74, 6) is 1.30. The topological polar surface area (TPSA) is 84.2 Å². The average Bonchev–Trinajstić information content (AvgIpc) is 3.08. The van der Waals surface area contributed by atoms with Crippen molar-refractivity contribution in [2.45, 2.75) is 12.8 Å². The van der Waals surface area contributed by atoms with Gasteiger partial charge in [-0.1, -0.05) is 5.16 Å². The number of anilines is 1. The van der Waals surface area contributed by atoms with E-state index in [1.807, 2.05) is 6.07 Å². The third-order valence-electron chi connectivity index (χ3n) is 3.66. The fourth-order valence-electron chi connectivity index (χ4n) is 2.45. The Balaban J connectivity index is 1.45. The van der Waals surface area contributed by atoms with Crippen LogP contribution in [0.5, 0.6) is 0 Å². The van der Waals surface area contributed by atoms with Crippen LogP contribution in [0.1, 0.15) is 23.4 Å². The van der Waals surface area contributed by atoms with Gasteiger partial charge in [-0.05, 0) is 24.8 Å². The predicted molar refractivity (Wildman–Crippen MR) is 75.8 cm³/mol. The number of amides is 1. The third kappa shape index (κ3) is 3.36. The number of aromatic nitrogens is 3. The van der Waals surface area contributed by atoms with Crippen molar-refractivity contribution in [3.05, 3.63) is 36.5 Å². The van der Waals surface area contributed by atoms with Crippen molar-refractivity contribution < 1.29 is 9.32 Å². The highest BCUT2D eigenvalue weighted by atomic mass is 16.5. The second-order valence-corrected chi connectivity index (χ2v) is 5.07. The molecule has 7 heteroatoms. The Morgan fingerprint density at radius 3 is 2.71 bits per heavy atom. The van der Waals surface area contributed by atoms with Crippen molar-refractivity contribution in [3.8, 4) is 0 Å². The molecular formula is C14H17N5O2. The fourth-order valence-corrected chi connectivity index (χ4v) is 2.45. The Labute approximate surface area is 122 Å². The van der Waals surface area contributed by atoms with E-state index in [1.165, 1.54) is 6.20 Å². The van der Waals surface area contributed by atoms with Gasteiger partial charge in [-0.2, -0.15) is 0 Å². The van der Waals surface area contributed by atoms with Crippen LogP contribution in [0.15, 0.2) is 35.2 Å². The molecule has 1 fully saturated rings. The molecule has 1 amide bonds. The molecular weight excluding hydrogens is 270 g/mol. The monoisotopic (exact) mass is 287 g/mol. The zero-order chi connectivity index (χ0) is 14.5. The zero-order valence-corrected chi connectivity index (χ0v) is 11.6. The van der Waals surface area contributed by atoms with Gasteiger partial charge in [-0.3, -0.25) is 4.79 Å². The molecule has 0 aliphatic carbocycles. The number of nitrogens with one attached hydrogen (secondary N) is 1. The van der Waals surface area contributed by atoms with Gasteiger partial charge in [0.2, 0.25) is 11.7 Å². The van der Waals surface area contributed by atoms with E-state index in [4.69, 9.17) is 4.52 Å². The highest BCUT2D eigenvalue weighted by Gasteiger charge is 2.21. The van der Waals surface area contributed by atoms with Crippen LogP contribution in [-0.4, -0.2) is 40.7 Å². The molecule has 7 nitrogen and oxygen atoms in total. The molecule has 0 atom stereocenters. The summed E-state index contributed by atoms with van der Waals surface area (Å²) in [4.78, 5) is 22.5. The summed E-state index contributed by atoms with van der Waals surface area (Å²) in [6, 6.07) is 3.37. The van der Waals surface area contributed by atoms with Gasteiger partial charge < -0.3 is 14.7 Å². The van der Waals surface area contributed by atoms with Crippen LogP contribution in [-0.2, 0) is 0 Å². The van der Waals surface area contributed by atoms with Gasteiger partial charge >= 0.3 is 0 Å². The molecule has 21 heavy (non-hydrogen) atoms. The SMILES string of the molecule is O=C(NCC1CCN(c2ncccn2)CC1)c1ccno1. The molecule has 1 aliphatic rings. The summed E-state index contributed by atoms with van der Waals surface area (Å²) >= 11 is 0. The molecule has 0 saturated carbocycles. The number of piperidine rings is 1. The standard InChI is InChI=1S/C14H17N5O2/c20-13(12-2-7-18-21-12)17-10-11-3-8-19(9-4-11)14-15-5-1-6-16-14/h1-2,5-7,11H,3-4,8-10H2,(H,17,20). The van der Waals surface area contributed by atoms with Crippen molar-refractivity contribution in [3.63, 3.8) is 0 Å². The Hall–Kier alpha value is -2.44. The van der Waals surface area contributed by atoms with Crippen LogP contribution in [0.2, 0.25) is 0 Å². The molecule has 0 radical (unpaired) electrons. The first-order valence-electron chi connectivity index (χ1n) is 7.04. The van der Waals surface area contributed by atoms with Crippen LogP contribution < -0.4 is 10.2 Å². The minimum Gasteiger partial charge on any atom is -0.351 e. The van der Waals surface area contributed by atoms with E-state index in [9.17, 15) is 4.79 Å². The number of carbonyl (C=O) groups excluding carboxylic acids is 1. The first kappa shape index (κ1) is 13.5. The van der Waals surface area contributed by atoms with Gasteiger partial charge in [0, 0.05) is 38.1 Å². The molecule has 0 unspecified atom stereocenters. The first-order chi connectivity index (χ1) is 10.3. The molecule has 0 spiro atoms. The molecule has 110 valence electrons. The van der Waals surface area contributed by atoms with Gasteiger partial charge in [0.15, 0.2) is 0 Å². The molecule has 1 N–H and O–H groups in total. The van der Waals surface area contributed by atoms with Crippen molar-refractivity contribution in [2.75, 3.05) is 24.5 Å². The van der Waals surface area contributed by atoms with Gasteiger partial charge in [-0.25, -0.2) is 9.97 Å². The molecule has 3 heterocycles. The lowest BCUT2D eigenvalue weighted by molar-refractivity contribution is 0.0908. The summed E-state index contributed by atoms with van der Waals surface area (Å²) in [7, 11) is 0. The molecule has 2 aromatic rings. The van der Waals surface area contributed by atoms with Gasteiger partial charge in [-0.15, -0.1) is 0 Å². The molecule has 1 aliphatic heterocycles. The maximum Gasteiger partial charge on any atom is 0.289 e. The highest BCUT2D eigenvalue weighted by Crippen LogP contribution is 2.19. The van der Waals surface area contributed by atoms with Crippen LogP contribution >= 0.6 is 0 Å². The fraction of sp³-hybridized carbons (Fsp3) is 0.429. The second-order valence-electron chi connectivity index (χ2n) is 5.07. The van der Waals surface area contributed by atoms with E-state index in [2.05, 4.69) is 25.3 Å². The van der Waals surface area contributed by atoms with Crippen molar-refractivity contribution in [2.24, 2.45) is 5.92 Å². The Kier molecular flexibility index (Phi) is 4.09. The lowest BCUT2D eigenvalue weighted by Crippen LogP contribution is -2.39. The quantitative estimate of drug-likeness (QED) is 0.907. The number of carbonyl (C=O) groups is 1. The smallest absolute Gasteiger partial charge is 0.289 e. The maximum atomic E-state index is 11.8. The van der Waals surface area contributed by atoms with E-state index in [0.29, 0.717) is 12.5 Å². The van der Waals surface area contributed by atoms with Gasteiger partial charge in [0.25, 0.3) is 5.91 Å². The van der Waals surface area contributed by atoms with Crippen LogP contribution in [0, 0.1) is 5.92 Å². The van der Waals surface area contributed by atoms with E-state index in [-0.39, 0.29) is 11.7 Å². The Bertz CT molecular complexity index is 564. The van der Waals surface area contributed by atoms with Crippen LogP contribution in [0.3, 0.4) is 0 Å². The van der Waals surface area contributed by atoms with Gasteiger partial charge in [0.1, 0.15) is 0 Å². The molecule has 3 rings (SSSR count). The molecule has 1 saturated heterocycles. The Morgan fingerprint density at radius 1 is 1.29 bits per heavy atom. The summed E-state index contributed by atoms with van der Waals surface area (Å²) in [6.07, 6.45) is 7.00. The van der Waals surface area contributed by atoms with E-state index >= 15 is 0 Å². The van der Waals surface area contributed by atoms with E-state index < -0.39 is 0 Å². The number of nitrogens with zero attached hydrogens (tertiary/aromatic N) is 4. The molecule has 2 aromatic heterocycles. The maximum absolute atomic E-state index is 11.8. The Morgan fingerprint density at radius 2 is 2.05 bits per heavy atom. The van der Waals surface area contributed by atoms with Crippen LogP contribution in [0.25, 0.3) is 0 Å². The lowest BCUT2D eigenvalue weighted by atomic mass is 9.97. The first-order valence-corrected chi connectivity index (χ1v) is 7.04. The average molecular weight is 287 g/mol. The minimum absolute atomic E-state index is 0.207. The van der Waals surface area contributed by atoms with Crippen molar-refractivity contribution >= 4 is 11.9 Å². The summed E-state index contributed by atoms with van der Waals surface area (Å²) < 4.78 is 4.82. The third-order valence-corrected chi connectivity index (χ3v) is 3.66. The van der Waals surface area contributed by atoms with E-state index in [0.717, 1.165) is 31.9 Å². The lowest BCUT2D eigenvalue weighted by Gasteiger charge is -2.31. The largest absolute Gasteiger partial charge is 0.351 e. The second kappa shape index (κ2) is 6.34. The van der Waals surface area contributed by atoms with Gasteiger partial charge in [0.05, 0.1) is 6.20 Å². The molecule has 0 bridgehead atoms. The summed E-state index contributed by atoms with van der Waals surface area (Å²) in [5, 5.41) is 6.41. The number of rotatable bonds is 4. The van der Waals surface area contributed by atoms with E-state index in [1.54, 1.807) is 18.5 Å². The highest BCUT2D eigenvalue weighted by molar-refractivity contribution is 5.91. The molecule has 0 aromatic carbocycles. The zero-order valence-electron chi connectivity index (χ0n) is 11.6. The minimum atomic E-state index is -0.207. The van der Waals surface area contributed by atoms with Crippen LogP contribution in [0.4, 0.5) is 5.95 Å². The van der Waals surface area contributed by atoms with Crippen molar-refractivity contribution in [1.82, 2.24) is 20.4 Å². The predicted octanol–water partition coefficient (Wildman–Crippen LogP) is 1.11. The normalized spacial score (nSPS) is 15.9. The number of hydrogen-bond acceptors (Lipinski definition) is 6. The number of hydrogen-bond donors (Lipinski definition) is 1. The summed E-state index contributed by atoms with van der Waals surface area (Å²) in [6.45, 7) is 2.47. The van der Waals surface area contributed by atoms with Crippen molar-refractivity contribution in [1.29, 1.82) is 0 Å². The summed E-state index contributed by atoms with van der Waals surface area (Å²) in [5.41, 5.74) is 0.